The van der Waals surface area contributed by atoms with Crippen LogP contribution in [0.3, 0.4) is 0 Å². The van der Waals surface area contributed by atoms with Crippen LogP contribution in [0.4, 0.5) is 4.79 Å². The summed E-state index contributed by atoms with van der Waals surface area (Å²) in [5.41, 5.74) is 2.47. The fourth-order valence-electron chi connectivity index (χ4n) is 3.57. The predicted octanol–water partition coefficient (Wildman–Crippen LogP) is 3.43. The largest absolute Gasteiger partial charge is 0.497 e. The second kappa shape index (κ2) is 13.5. The van der Waals surface area contributed by atoms with Crippen molar-refractivity contribution in [3.63, 3.8) is 0 Å². The molecule has 0 unspecified atom stereocenters. The van der Waals surface area contributed by atoms with Gasteiger partial charge in [-0.25, -0.2) is 9.59 Å². The third-order valence-electron chi connectivity index (χ3n) is 5.51. The minimum absolute atomic E-state index is 0.0641. The zero-order chi connectivity index (χ0) is 25.8. The van der Waals surface area contributed by atoms with Gasteiger partial charge in [0.05, 0.1) is 14.2 Å². The molecule has 0 aliphatic rings. The minimum atomic E-state index is -0.973. The molecule has 3 aromatic rings. The molecule has 0 heterocycles. The number of carbonyl (C=O) groups excluding carboxylic acids is 3. The molecule has 3 aromatic carbocycles. The number of hydrogen-bond acceptors (Lipinski definition) is 6. The van der Waals surface area contributed by atoms with Crippen LogP contribution < -0.4 is 15.4 Å². The first-order valence-electron chi connectivity index (χ1n) is 11.5. The zero-order valence-corrected chi connectivity index (χ0v) is 20.3. The molecule has 188 valence electrons. The number of ether oxygens (including phenoxy) is 3. The van der Waals surface area contributed by atoms with Crippen LogP contribution in [0.1, 0.15) is 16.7 Å². The van der Waals surface area contributed by atoms with Crippen molar-refractivity contribution >= 4 is 18.0 Å². The topological polar surface area (TPSA) is 103 Å². The van der Waals surface area contributed by atoms with E-state index in [2.05, 4.69) is 10.6 Å². The van der Waals surface area contributed by atoms with Crippen molar-refractivity contribution < 1.29 is 28.6 Å². The summed E-state index contributed by atoms with van der Waals surface area (Å²) < 4.78 is 15.4. The van der Waals surface area contributed by atoms with Gasteiger partial charge < -0.3 is 24.8 Å². The van der Waals surface area contributed by atoms with Gasteiger partial charge in [0.2, 0.25) is 5.91 Å². The quantitative estimate of drug-likeness (QED) is 0.399. The number of carbonyl (C=O) groups is 3. The van der Waals surface area contributed by atoms with Crippen LogP contribution in [0, 0.1) is 0 Å². The second-order valence-corrected chi connectivity index (χ2v) is 8.08. The average molecular weight is 491 g/mol. The van der Waals surface area contributed by atoms with Gasteiger partial charge in [-0.2, -0.15) is 0 Å². The fraction of sp³-hybridized carbons (Fsp3) is 0.250. The van der Waals surface area contributed by atoms with Crippen LogP contribution in [-0.2, 0) is 38.5 Å². The Morgan fingerprint density at radius 1 is 0.694 bits per heavy atom. The Labute approximate surface area is 210 Å². The van der Waals surface area contributed by atoms with E-state index < -0.39 is 30.1 Å². The number of amides is 2. The molecule has 0 radical (unpaired) electrons. The van der Waals surface area contributed by atoms with E-state index in [0.29, 0.717) is 5.75 Å². The molecule has 0 saturated carbocycles. The highest BCUT2D eigenvalue weighted by atomic mass is 16.5. The van der Waals surface area contributed by atoms with Crippen LogP contribution in [0.15, 0.2) is 84.9 Å². The molecule has 0 saturated heterocycles. The lowest BCUT2D eigenvalue weighted by atomic mass is 10.0. The summed E-state index contributed by atoms with van der Waals surface area (Å²) in [7, 11) is 2.83. The SMILES string of the molecule is COC(=O)[C@H](Cc1ccc(OC)cc1)NC(=O)[C@H](Cc1ccccc1)NC(=O)OCc1ccccc1. The molecule has 0 aromatic heterocycles. The average Bonchev–Trinajstić information content (AvgIpc) is 2.92. The summed E-state index contributed by atoms with van der Waals surface area (Å²) in [4.78, 5) is 38.3. The first-order chi connectivity index (χ1) is 17.5. The maximum Gasteiger partial charge on any atom is 0.408 e. The van der Waals surface area contributed by atoms with Crippen molar-refractivity contribution in [2.75, 3.05) is 14.2 Å². The molecular weight excluding hydrogens is 460 g/mol. The van der Waals surface area contributed by atoms with Crippen molar-refractivity contribution in [3.05, 3.63) is 102 Å². The van der Waals surface area contributed by atoms with Gasteiger partial charge in [-0.3, -0.25) is 4.79 Å². The molecule has 0 aliphatic carbocycles. The van der Waals surface area contributed by atoms with Gasteiger partial charge in [-0.1, -0.05) is 72.8 Å². The van der Waals surface area contributed by atoms with Crippen LogP contribution in [-0.4, -0.2) is 44.3 Å². The molecule has 8 nitrogen and oxygen atoms in total. The van der Waals surface area contributed by atoms with Crippen molar-refractivity contribution in [2.45, 2.75) is 31.5 Å². The molecule has 3 rings (SSSR count). The van der Waals surface area contributed by atoms with Crippen LogP contribution in [0.2, 0.25) is 0 Å². The smallest absolute Gasteiger partial charge is 0.408 e. The first-order valence-corrected chi connectivity index (χ1v) is 11.5. The highest BCUT2D eigenvalue weighted by Crippen LogP contribution is 2.14. The summed E-state index contributed by atoms with van der Waals surface area (Å²) in [6.45, 7) is 0.0641. The highest BCUT2D eigenvalue weighted by molar-refractivity contribution is 5.90. The molecular formula is C28H30N2O6. The first kappa shape index (κ1) is 26.3. The molecule has 8 heteroatoms. The van der Waals surface area contributed by atoms with E-state index in [4.69, 9.17) is 14.2 Å². The van der Waals surface area contributed by atoms with Crippen molar-refractivity contribution in [1.82, 2.24) is 10.6 Å². The van der Waals surface area contributed by atoms with Gasteiger partial charge in [0.1, 0.15) is 24.4 Å². The summed E-state index contributed by atoms with van der Waals surface area (Å²) in [5.74, 6) is -0.442. The Balaban J connectivity index is 1.71. The molecule has 0 bridgehead atoms. The van der Waals surface area contributed by atoms with E-state index in [0.717, 1.165) is 16.7 Å². The Morgan fingerprint density at radius 3 is 1.83 bits per heavy atom. The fourth-order valence-corrected chi connectivity index (χ4v) is 3.57. The normalized spacial score (nSPS) is 12.1. The molecule has 36 heavy (non-hydrogen) atoms. The highest BCUT2D eigenvalue weighted by Gasteiger charge is 2.28. The van der Waals surface area contributed by atoms with Crippen LogP contribution in [0.5, 0.6) is 5.75 Å². The molecule has 0 fully saturated rings. The number of alkyl carbamates (subject to hydrolysis) is 1. The van der Waals surface area contributed by atoms with Gasteiger partial charge in [-0.15, -0.1) is 0 Å². The number of benzene rings is 3. The van der Waals surface area contributed by atoms with E-state index in [1.54, 1.807) is 19.2 Å². The lowest BCUT2D eigenvalue weighted by Gasteiger charge is -2.22. The Morgan fingerprint density at radius 2 is 1.25 bits per heavy atom. The predicted molar refractivity (Wildman–Crippen MR) is 134 cm³/mol. The third kappa shape index (κ3) is 8.16. The van der Waals surface area contributed by atoms with E-state index >= 15 is 0 Å². The van der Waals surface area contributed by atoms with Gasteiger partial charge in [0.15, 0.2) is 0 Å². The standard InChI is InChI=1S/C28H30N2O6/c1-34-23-15-13-21(14-16-23)18-25(27(32)35-2)29-26(31)24(17-20-9-5-3-6-10-20)30-28(33)36-19-22-11-7-4-8-12-22/h3-16,24-25H,17-19H2,1-2H3,(H,29,31)(H,30,33)/t24-,25-/m0/s1. The molecule has 2 atom stereocenters. The Bertz CT molecular complexity index is 1120. The van der Waals surface area contributed by atoms with E-state index in [1.807, 2.05) is 72.8 Å². The summed E-state index contributed by atoms with van der Waals surface area (Å²) >= 11 is 0. The summed E-state index contributed by atoms with van der Waals surface area (Å²) in [5, 5.41) is 5.36. The van der Waals surface area contributed by atoms with Crippen LogP contribution >= 0.6 is 0 Å². The molecule has 0 spiro atoms. The number of rotatable bonds is 11. The van der Waals surface area contributed by atoms with Gasteiger partial charge in [0, 0.05) is 12.8 Å². The van der Waals surface area contributed by atoms with E-state index in [1.165, 1.54) is 7.11 Å². The lowest BCUT2D eigenvalue weighted by molar-refractivity contribution is -0.145. The minimum Gasteiger partial charge on any atom is -0.497 e. The number of esters is 1. The number of hydrogen-bond donors (Lipinski definition) is 2. The van der Waals surface area contributed by atoms with E-state index in [9.17, 15) is 14.4 Å². The maximum atomic E-state index is 13.3. The lowest BCUT2D eigenvalue weighted by Crippen LogP contribution is -2.53. The molecule has 0 aliphatic heterocycles. The van der Waals surface area contributed by atoms with Gasteiger partial charge in [0.25, 0.3) is 0 Å². The molecule has 2 amide bonds. The summed E-state index contributed by atoms with van der Waals surface area (Å²) in [6, 6.07) is 23.7. The Hall–Kier alpha value is -4.33. The van der Waals surface area contributed by atoms with Gasteiger partial charge in [-0.05, 0) is 28.8 Å². The maximum absolute atomic E-state index is 13.3. The van der Waals surface area contributed by atoms with Gasteiger partial charge >= 0.3 is 12.1 Å². The van der Waals surface area contributed by atoms with Crippen molar-refractivity contribution in [3.8, 4) is 5.75 Å². The van der Waals surface area contributed by atoms with Crippen LogP contribution in [0.25, 0.3) is 0 Å². The number of methoxy groups -OCH3 is 2. The monoisotopic (exact) mass is 490 g/mol. The molecule has 2 N–H and O–H groups in total. The van der Waals surface area contributed by atoms with Crippen molar-refractivity contribution in [2.24, 2.45) is 0 Å². The third-order valence-corrected chi connectivity index (χ3v) is 5.51. The van der Waals surface area contributed by atoms with E-state index in [-0.39, 0.29) is 19.4 Å². The Kier molecular flexibility index (Phi) is 9.88. The summed E-state index contributed by atoms with van der Waals surface area (Å²) in [6.07, 6.45) is -0.317. The number of nitrogens with one attached hydrogen (secondary N) is 2. The second-order valence-electron chi connectivity index (χ2n) is 8.08. The van der Waals surface area contributed by atoms with Crippen molar-refractivity contribution in [1.29, 1.82) is 0 Å². The zero-order valence-electron chi connectivity index (χ0n) is 20.3.